The van der Waals surface area contributed by atoms with E-state index in [2.05, 4.69) is 10.0 Å². The second kappa shape index (κ2) is 7.10. The van der Waals surface area contributed by atoms with Crippen LogP contribution in [0, 0.1) is 20.8 Å². The van der Waals surface area contributed by atoms with Crippen LogP contribution in [0.5, 0.6) is 0 Å². The summed E-state index contributed by atoms with van der Waals surface area (Å²) >= 11 is 0. The minimum atomic E-state index is -4.01. The zero-order valence-corrected chi connectivity index (χ0v) is 15.3. The average Bonchev–Trinajstić information content (AvgIpc) is 2.78. The van der Waals surface area contributed by atoms with Crippen molar-refractivity contribution in [2.24, 2.45) is 0 Å². The SMILES string of the molecule is CC(=O)NCc1ccc(S(=O)(=O)NC(=O)c2c(C)oc(C)c2C)cc1. The molecular formula is C17H20N2O5S. The second-order valence-electron chi connectivity index (χ2n) is 5.70. The maximum Gasteiger partial charge on any atom is 0.268 e. The topological polar surface area (TPSA) is 105 Å². The van der Waals surface area contributed by atoms with Gasteiger partial charge in [0.05, 0.1) is 10.5 Å². The van der Waals surface area contributed by atoms with Gasteiger partial charge in [-0.25, -0.2) is 13.1 Å². The fourth-order valence-electron chi connectivity index (χ4n) is 2.37. The van der Waals surface area contributed by atoms with E-state index in [0.717, 1.165) is 5.56 Å². The van der Waals surface area contributed by atoms with Crippen LogP contribution in [-0.4, -0.2) is 20.2 Å². The van der Waals surface area contributed by atoms with Crippen molar-refractivity contribution in [2.45, 2.75) is 39.1 Å². The van der Waals surface area contributed by atoms with Crippen molar-refractivity contribution in [2.75, 3.05) is 0 Å². The highest BCUT2D eigenvalue weighted by Crippen LogP contribution is 2.21. The van der Waals surface area contributed by atoms with Gasteiger partial charge in [0.2, 0.25) is 5.91 Å². The molecule has 25 heavy (non-hydrogen) atoms. The summed E-state index contributed by atoms with van der Waals surface area (Å²) in [7, 11) is -4.01. The van der Waals surface area contributed by atoms with Crippen molar-refractivity contribution < 1.29 is 22.4 Å². The summed E-state index contributed by atoms with van der Waals surface area (Å²) in [6, 6.07) is 5.92. The van der Waals surface area contributed by atoms with Gasteiger partial charge in [0.15, 0.2) is 0 Å². The molecule has 0 unspecified atom stereocenters. The number of furan rings is 1. The highest BCUT2D eigenvalue weighted by Gasteiger charge is 2.24. The summed E-state index contributed by atoms with van der Waals surface area (Å²) in [5.74, 6) is 0.0370. The molecule has 134 valence electrons. The van der Waals surface area contributed by atoms with E-state index < -0.39 is 15.9 Å². The zero-order chi connectivity index (χ0) is 18.8. The number of carbonyl (C=O) groups is 2. The standard InChI is InChI=1S/C17H20N2O5S/c1-10-11(2)24-12(3)16(10)17(21)19-25(22,23)15-7-5-14(6-8-15)9-18-13(4)20/h5-8H,9H2,1-4H3,(H,18,20)(H,19,21). The van der Waals surface area contributed by atoms with Crippen LogP contribution in [0.3, 0.4) is 0 Å². The molecule has 0 fully saturated rings. The Morgan fingerprint density at radius 2 is 1.64 bits per heavy atom. The van der Waals surface area contributed by atoms with Gasteiger partial charge in [-0.15, -0.1) is 0 Å². The Balaban J connectivity index is 2.18. The maximum atomic E-state index is 12.4. The molecule has 0 aliphatic carbocycles. The van der Waals surface area contributed by atoms with Gasteiger partial charge < -0.3 is 9.73 Å². The minimum absolute atomic E-state index is 0.0389. The van der Waals surface area contributed by atoms with Crippen molar-refractivity contribution in [1.29, 1.82) is 0 Å². The number of nitrogens with one attached hydrogen (secondary N) is 2. The Kier molecular flexibility index (Phi) is 5.32. The Morgan fingerprint density at radius 3 is 2.12 bits per heavy atom. The van der Waals surface area contributed by atoms with E-state index in [-0.39, 0.29) is 16.4 Å². The smallest absolute Gasteiger partial charge is 0.268 e. The van der Waals surface area contributed by atoms with Gasteiger partial charge in [0.1, 0.15) is 11.5 Å². The number of sulfonamides is 1. The normalized spacial score (nSPS) is 11.2. The predicted octanol–water partition coefficient (Wildman–Crippen LogP) is 1.96. The molecule has 1 aromatic carbocycles. The molecule has 7 nitrogen and oxygen atoms in total. The summed E-state index contributed by atoms with van der Waals surface area (Å²) in [6.07, 6.45) is 0. The van der Waals surface area contributed by atoms with Gasteiger partial charge in [-0.2, -0.15) is 0 Å². The molecule has 0 bridgehead atoms. The first-order chi connectivity index (χ1) is 11.6. The van der Waals surface area contributed by atoms with Gasteiger partial charge in [0.25, 0.3) is 15.9 Å². The van der Waals surface area contributed by atoms with Gasteiger partial charge in [-0.3, -0.25) is 9.59 Å². The molecular weight excluding hydrogens is 344 g/mol. The van der Waals surface area contributed by atoms with Crippen molar-refractivity contribution in [3.05, 3.63) is 52.5 Å². The molecule has 8 heteroatoms. The number of benzene rings is 1. The Morgan fingerprint density at radius 1 is 1.04 bits per heavy atom. The number of hydrogen-bond donors (Lipinski definition) is 2. The van der Waals surface area contributed by atoms with Crippen molar-refractivity contribution in [3.8, 4) is 0 Å². The molecule has 0 saturated heterocycles. The van der Waals surface area contributed by atoms with Crippen LogP contribution >= 0.6 is 0 Å². The molecule has 2 N–H and O–H groups in total. The van der Waals surface area contributed by atoms with Gasteiger partial charge >= 0.3 is 0 Å². The summed E-state index contributed by atoms with van der Waals surface area (Å²) in [4.78, 5) is 23.2. The predicted molar refractivity (Wildman–Crippen MR) is 91.5 cm³/mol. The largest absolute Gasteiger partial charge is 0.466 e. The number of amides is 2. The lowest BCUT2D eigenvalue weighted by atomic mass is 10.1. The third kappa shape index (κ3) is 4.27. The van der Waals surface area contributed by atoms with E-state index >= 15 is 0 Å². The van der Waals surface area contributed by atoms with Crippen LogP contribution in [-0.2, 0) is 21.4 Å². The molecule has 0 aliphatic rings. The second-order valence-corrected chi connectivity index (χ2v) is 7.39. The van der Waals surface area contributed by atoms with E-state index in [9.17, 15) is 18.0 Å². The molecule has 2 rings (SSSR count). The monoisotopic (exact) mass is 364 g/mol. The molecule has 1 heterocycles. The molecule has 2 aromatic rings. The maximum absolute atomic E-state index is 12.4. The lowest BCUT2D eigenvalue weighted by Crippen LogP contribution is -2.31. The molecule has 0 spiro atoms. The molecule has 0 atom stereocenters. The Hall–Kier alpha value is -2.61. The van der Waals surface area contributed by atoms with E-state index in [1.165, 1.54) is 19.1 Å². The summed E-state index contributed by atoms with van der Waals surface area (Å²) in [5, 5.41) is 2.62. The van der Waals surface area contributed by atoms with Crippen molar-refractivity contribution in [1.82, 2.24) is 10.0 Å². The van der Waals surface area contributed by atoms with E-state index in [1.54, 1.807) is 32.9 Å². The summed E-state index contributed by atoms with van der Waals surface area (Å²) in [6.45, 7) is 6.72. The number of rotatable bonds is 5. The van der Waals surface area contributed by atoms with Crippen LogP contribution in [0.4, 0.5) is 0 Å². The third-order valence-corrected chi connectivity index (χ3v) is 5.14. The van der Waals surface area contributed by atoms with E-state index in [4.69, 9.17) is 4.42 Å². The number of aryl methyl sites for hydroxylation is 2. The van der Waals surface area contributed by atoms with Crippen molar-refractivity contribution >= 4 is 21.8 Å². The average molecular weight is 364 g/mol. The molecule has 0 saturated carbocycles. The molecule has 0 radical (unpaired) electrons. The number of hydrogen-bond acceptors (Lipinski definition) is 5. The summed E-state index contributed by atoms with van der Waals surface area (Å²) in [5.41, 5.74) is 1.58. The first-order valence-corrected chi connectivity index (χ1v) is 9.07. The molecule has 1 aromatic heterocycles. The minimum Gasteiger partial charge on any atom is -0.466 e. The van der Waals surface area contributed by atoms with Crippen LogP contribution in [0.1, 0.15) is 39.9 Å². The zero-order valence-electron chi connectivity index (χ0n) is 14.5. The van der Waals surface area contributed by atoms with Crippen LogP contribution in [0.25, 0.3) is 0 Å². The van der Waals surface area contributed by atoms with Gasteiger partial charge in [0, 0.05) is 19.0 Å². The Bertz CT molecular complexity index is 911. The van der Waals surface area contributed by atoms with Crippen LogP contribution in [0.2, 0.25) is 0 Å². The Labute approximate surface area is 146 Å². The van der Waals surface area contributed by atoms with E-state index in [1.807, 2.05) is 0 Å². The van der Waals surface area contributed by atoms with Gasteiger partial charge in [-0.1, -0.05) is 12.1 Å². The lowest BCUT2D eigenvalue weighted by molar-refractivity contribution is -0.119. The van der Waals surface area contributed by atoms with Gasteiger partial charge in [-0.05, 0) is 38.5 Å². The first kappa shape index (κ1) is 18.7. The quantitative estimate of drug-likeness (QED) is 0.844. The number of carbonyl (C=O) groups excluding carboxylic acids is 2. The fraction of sp³-hybridized carbons (Fsp3) is 0.294. The first-order valence-electron chi connectivity index (χ1n) is 7.59. The molecule has 0 aliphatic heterocycles. The van der Waals surface area contributed by atoms with Crippen molar-refractivity contribution in [3.63, 3.8) is 0 Å². The van der Waals surface area contributed by atoms with E-state index in [0.29, 0.717) is 23.6 Å². The third-order valence-electron chi connectivity index (χ3n) is 3.79. The lowest BCUT2D eigenvalue weighted by Gasteiger charge is -2.08. The molecule has 2 amide bonds. The van der Waals surface area contributed by atoms with Crippen LogP contribution in [0.15, 0.2) is 33.6 Å². The van der Waals surface area contributed by atoms with Crippen LogP contribution < -0.4 is 10.0 Å². The summed E-state index contributed by atoms with van der Waals surface area (Å²) < 4.78 is 32.2. The highest BCUT2D eigenvalue weighted by molar-refractivity contribution is 7.90. The highest BCUT2D eigenvalue weighted by atomic mass is 32.2. The fourth-order valence-corrected chi connectivity index (χ4v) is 3.33.